The smallest absolute Gasteiger partial charge is 0.282 e. The van der Waals surface area contributed by atoms with Gasteiger partial charge in [0, 0.05) is 5.56 Å². The van der Waals surface area contributed by atoms with Crippen molar-refractivity contribution in [2.24, 2.45) is 7.05 Å². The van der Waals surface area contributed by atoms with E-state index in [-0.39, 0.29) is 4.90 Å². The fraction of sp³-hybridized carbons (Fsp3) is 0.158. The van der Waals surface area contributed by atoms with Gasteiger partial charge in [-0.1, -0.05) is 57.6 Å². The predicted octanol–water partition coefficient (Wildman–Crippen LogP) is 3.44. The Morgan fingerprint density at radius 1 is 1.04 bits per heavy atom. The predicted molar refractivity (Wildman–Crippen MR) is 105 cm³/mol. The number of aromatic nitrogens is 3. The highest BCUT2D eigenvalue weighted by Gasteiger charge is 2.19. The summed E-state index contributed by atoms with van der Waals surface area (Å²) in [6, 6.07) is 16.4. The molecule has 0 unspecified atom stereocenters. The molecule has 0 fully saturated rings. The fourth-order valence-electron chi connectivity index (χ4n) is 2.59. The lowest BCUT2D eigenvalue weighted by molar-refractivity contribution is -0.631. The van der Waals surface area contributed by atoms with E-state index in [0.29, 0.717) is 0 Å². The van der Waals surface area contributed by atoms with Gasteiger partial charge in [0.2, 0.25) is 0 Å². The van der Waals surface area contributed by atoms with Crippen molar-refractivity contribution in [3.63, 3.8) is 0 Å². The Hall–Kier alpha value is -2.55. The lowest BCUT2D eigenvalue weighted by Crippen LogP contribution is -2.28. The van der Waals surface area contributed by atoms with Crippen LogP contribution in [-0.4, -0.2) is 22.6 Å². The van der Waals surface area contributed by atoms with Crippen molar-refractivity contribution in [3.8, 4) is 11.3 Å². The van der Waals surface area contributed by atoms with E-state index in [0.717, 1.165) is 15.5 Å². The molecule has 27 heavy (non-hydrogen) atoms. The Kier molecular flexibility index (Phi) is 5.41. The molecule has 4 rings (SSSR count). The molecule has 0 radical (unpaired) electrons. The molecular formula is C19H20N3O3S2+. The standard InChI is InChI=1S/C12H12N3S.C7H8O3S/c1-9-13-15-8-11(14(2)12(15)16-9)10-6-4-3-5-7-10;1-6-2-4-7(5-3-6)11(8,9)10/h3-8H,1-2H3;2-5H,1H3,(H,8,9,10)/q+1;. The molecule has 140 valence electrons. The number of hydrogen-bond donors (Lipinski definition) is 1. The second-order valence-electron chi connectivity index (χ2n) is 6.08. The number of fused-ring (bicyclic) bond motifs is 1. The lowest BCUT2D eigenvalue weighted by atomic mass is 10.2. The summed E-state index contributed by atoms with van der Waals surface area (Å²) in [4.78, 5) is 1.10. The van der Waals surface area contributed by atoms with Gasteiger partial charge in [0.05, 0.1) is 11.9 Å². The van der Waals surface area contributed by atoms with Gasteiger partial charge in [0.25, 0.3) is 10.1 Å². The fourth-order valence-corrected chi connectivity index (χ4v) is 3.89. The Balaban J connectivity index is 0.000000168. The summed E-state index contributed by atoms with van der Waals surface area (Å²) in [6.45, 7) is 3.87. The maximum Gasteiger partial charge on any atom is 0.368 e. The second kappa shape index (κ2) is 7.59. The SMILES string of the molecule is Cc1ccc(S(=O)(=O)O)cc1.Cc1nn2cc(-c3ccccc3)[n+](C)c2s1. The summed E-state index contributed by atoms with van der Waals surface area (Å²) in [5.41, 5.74) is 3.37. The lowest BCUT2D eigenvalue weighted by Gasteiger charge is -1.95. The van der Waals surface area contributed by atoms with Gasteiger partial charge in [-0.25, -0.2) is 4.57 Å². The summed E-state index contributed by atoms with van der Waals surface area (Å²) >= 11 is 1.71. The van der Waals surface area contributed by atoms with Gasteiger partial charge in [-0.15, -0.1) is 0 Å². The minimum absolute atomic E-state index is 0.0666. The molecule has 2 aromatic heterocycles. The zero-order chi connectivity index (χ0) is 19.6. The third-order valence-corrected chi connectivity index (χ3v) is 5.85. The molecule has 8 heteroatoms. The zero-order valence-electron chi connectivity index (χ0n) is 15.2. The topological polar surface area (TPSA) is 75.5 Å². The van der Waals surface area contributed by atoms with Crippen LogP contribution in [0.4, 0.5) is 0 Å². The molecule has 2 heterocycles. The van der Waals surface area contributed by atoms with Gasteiger partial charge in [0.15, 0.2) is 11.9 Å². The number of nitrogens with zero attached hydrogens (tertiary/aromatic N) is 3. The average molecular weight is 403 g/mol. The van der Waals surface area contributed by atoms with Gasteiger partial charge < -0.3 is 0 Å². The number of imidazole rings is 1. The van der Waals surface area contributed by atoms with E-state index in [1.807, 2.05) is 24.4 Å². The van der Waals surface area contributed by atoms with Crippen LogP contribution in [0.2, 0.25) is 0 Å². The van der Waals surface area contributed by atoms with Gasteiger partial charge in [-0.2, -0.15) is 8.42 Å². The van der Waals surface area contributed by atoms with Crippen molar-refractivity contribution in [2.45, 2.75) is 18.7 Å². The zero-order valence-corrected chi connectivity index (χ0v) is 16.8. The third-order valence-electron chi connectivity index (χ3n) is 3.96. The van der Waals surface area contributed by atoms with E-state index >= 15 is 0 Å². The van der Waals surface area contributed by atoms with Gasteiger partial charge in [-0.3, -0.25) is 4.55 Å². The average Bonchev–Trinajstić information content (AvgIpc) is 3.13. The summed E-state index contributed by atoms with van der Waals surface area (Å²) in [5, 5.41) is 5.52. The molecule has 4 aromatic rings. The van der Waals surface area contributed by atoms with Gasteiger partial charge in [0.1, 0.15) is 5.01 Å². The van der Waals surface area contributed by atoms with Gasteiger partial charge >= 0.3 is 4.96 Å². The summed E-state index contributed by atoms with van der Waals surface area (Å²) in [7, 11) is -1.94. The molecule has 0 saturated heterocycles. The number of rotatable bonds is 2. The Labute approximate surface area is 162 Å². The highest BCUT2D eigenvalue weighted by molar-refractivity contribution is 7.85. The third kappa shape index (κ3) is 4.41. The van der Waals surface area contributed by atoms with Crippen molar-refractivity contribution >= 4 is 26.4 Å². The van der Waals surface area contributed by atoms with Crippen molar-refractivity contribution in [1.82, 2.24) is 9.61 Å². The van der Waals surface area contributed by atoms with E-state index in [1.165, 1.54) is 23.4 Å². The Morgan fingerprint density at radius 3 is 2.22 bits per heavy atom. The molecule has 0 aliphatic heterocycles. The maximum absolute atomic E-state index is 10.5. The normalized spacial score (nSPS) is 11.3. The molecule has 0 amide bonds. The first-order chi connectivity index (χ1) is 12.8. The minimum Gasteiger partial charge on any atom is -0.282 e. The first-order valence-electron chi connectivity index (χ1n) is 8.20. The van der Waals surface area contributed by atoms with Crippen LogP contribution in [0.15, 0.2) is 65.7 Å². The molecule has 0 aliphatic carbocycles. The van der Waals surface area contributed by atoms with Crippen LogP contribution in [-0.2, 0) is 17.2 Å². The first-order valence-corrected chi connectivity index (χ1v) is 10.5. The number of benzene rings is 2. The van der Waals surface area contributed by atoms with Crippen molar-refractivity contribution in [1.29, 1.82) is 0 Å². The number of hydrogen-bond acceptors (Lipinski definition) is 4. The summed E-state index contributed by atoms with van der Waals surface area (Å²) in [6.07, 6.45) is 2.08. The monoisotopic (exact) mass is 402 g/mol. The molecule has 2 aromatic carbocycles. The Bertz CT molecular complexity index is 1160. The van der Waals surface area contributed by atoms with Gasteiger partial charge in [-0.05, 0) is 37.3 Å². The van der Waals surface area contributed by atoms with Crippen LogP contribution in [0.3, 0.4) is 0 Å². The van der Waals surface area contributed by atoms with E-state index in [4.69, 9.17) is 4.55 Å². The highest BCUT2D eigenvalue weighted by atomic mass is 32.2. The number of aryl methyl sites for hydroxylation is 3. The van der Waals surface area contributed by atoms with E-state index in [9.17, 15) is 8.42 Å². The molecular weight excluding hydrogens is 382 g/mol. The quantitative estimate of drug-likeness (QED) is 0.412. The maximum atomic E-state index is 10.5. The highest BCUT2D eigenvalue weighted by Crippen LogP contribution is 2.19. The molecule has 0 spiro atoms. The largest absolute Gasteiger partial charge is 0.368 e. The molecule has 6 nitrogen and oxygen atoms in total. The molecule has 0 aliphatic rings. The van der Waals surface area contributed by atoms with E-state index < -0.39 is 10.1 Å². The summed E-state index contributed by atoms with van der Waals surface area (Å²) < 4.78 is 33.7. The molecule has 1 N–H and O–H groups in total. The van der Waals surface area contributed by atoms with Crippen LogP contribution < -0.4 is 4.57 Å². The van der Waals surface area contributed by atoms with Crippen molar-refractivity contribution in [2.75, 3.05) is 0 Å². The summed E-state index contributed by atoms with van der Waals surface area (Å²) in [5.74, 6) is 0. The van der Waals surface area contributed by atoms with Crippen LogP contribution in [0.5, 0.6) is 0 Å². The van der Waals surface area contributed by atoms with Crippen LogP contribution in [0.1, 0.15) is 10.6 Å². The molecule has 0 saturated carbocycles. The second-order valence-corrected chi connectivity index (χ2v) is 8.66. The van der Waals surface area contributed by atoms with Crippen molar-refractivity contribution in [3.05, 3.63) is 71.4 Å². The van der Waals surface area contributed by atoms with E-state index in [1.54, 1.807) is 23.5 Å². The first kappa shape index (κ1) is 19.2. The molecule has 0 bridgehead atoms. The van der Waals surface area contributed by atoms with Crippen LogP contribution in [0.25, 0.3) is 16.2 Å². The van der Waals surface area contributed by atoms with Crippen LogP contribution in [0, 0.1) is 13.8 Å². The minimum atomic E-state index is -4.02. The molecule has 0 atom stereocenters. The van der Waals surface area contributed by atoms with E-state index in [2.05, 4.69) is 47.2 Å². The van der Waals surface area contributed by atoms with Crippen LogP contribution >= 0.6 is 11.3 Å². The van der Waals surface area contributed by atoms with Crippen molar-refractivity contribution < 1.29 is 17.5 Å². The Morgan fingerprint density at radius 2 is 1.67 bits per heavy atom.